The number of rotatable bonds is 4. The lowest BCUT2D eigenvalue weighted by Gasteiger charge is -2.37. The van der Waals surface area contributed by atoms with E-state index < -0.39 is 0 Å². The second-order valence-electron chi connectivity index (χ2n) is 7.49. The van der Waals surface area contributed by atoms with Gasteiger partial charge in [-0.05, 0) is 42.7 Å². The summed E-state index contributed by atoms with van der Waals surface area (Å²) in [6, 6.07) is 17.3. The van der Waals surface area contributed by atoms with E-state index in [0.29, 0.717) is 0 Å². The number of carbonyl (C=O) groups excluding carboxylic acids is 1. The van der Waals surface area contributed by atoms with Crippen molar-refractivity contribution in [1.29, 1.82) is 0 Å². The highest BCUT2D eigenvalue weighted by atomic mass is 16.1. The van der Waals surface area contributed by atoms with Crippen LogP contribution in [0.4, 0.5) is 5.69 Å². The summed E-state index contributed by atoms with van der Waals surface area (Å²) in [5, 5.41) is 2.90. The van der Waals surface area contributed by atoms with Crippen molar-refractivity contribution >= 4 is 17.7 Å². The third-order valence-electron chi connectivity index (χ3n) is 5.45. The molecule has 0 saturated carbocycles. The molecular formula is C23H27N3O. The van der Waals surface area contributed by atoms with Gasteiger partial charge in [-0.1, -0.05) is 42.0 Å². The fourth-order valence-electron chi connectivity index (χ4n) is 3.93. The number of piperazine rings is 1. The maximum Gasteiger partial charge on any atom is 0.247 e. The van der Waals surface area contributed by atoms with Crippen molar-refractivity contribution in [3.05, 3.63) is 70.8 Å². The summed E-state index contributed by atoms with van der Waals surface area (Å²) in [4.78, 5) is 16.9. The van der Waals surface area contributed by atoms with Gasteiger partial charge in [-0.3, -0.25) is 9.69 Å². The highest BCUT2D eigenvalue weighted by Gasteiger charge is 2.21. The van der Waals surface area contributed by atoms with E-state index in [9.17, 15) is 4.79 Å². The Morgan fingerprint density at radius 2 is 1.81 bits per heavy atom. The molecule has 0 spiro atoms. The minimum atomic E-state index is 0.0788. The molecule has 0 aliphatic carbocycles. The third-order valence-corrected chi connectivity index (χ3v) is 5.45. The number of hydrogen-bond donors (Lipinski definition) is 1. The lowest BCUT2D eigenvalue weighted by atomic mass is 10.0. The lowest BCUT2D eigenvalue weighted by molar-refractivity contribution is -0.116. The molecule has 2 saturated heterocycles. The van der Waals surface area contributed by atoms with Gasteiger partial charge in [0.25, 0.3) is 0 Å². The van der Waals surface area contributed by atoms with Crippen LogP contribution in [0.5, 0.6) is 0 Å². The molecule has 2 fully saturated rings. The number of nitrogens with one attached hydrogen (secondary N) is 1. The van der Waals surface area contributed by atoms with Crippen LogP contribution >= 0.6 is 0 Å². The van der Waals surface area contributed by atoms with Crippen molar-refractivity contribution in [3.63, 3.8) is 0 Å². The van der Waals surface area contributed by atoms with Gasteiger partial charge in [-0.25, -0.2) is 0 Å². The van der Waals surface area contributed by atoms with Crippen LogP contribution in [-0.4, -0.2) is 43.5 Å². The smallest absolute Gasteiger partial charge is 0.247 e. The number of nitrogens with zero attached hydrogens (tertiary/aromatic N) is 2. The van der Waals surface area contributed by atoms with E-state index >= 15 is 0 Å². The Kier molecular flexibility index (Phi) is 5.26. The average molecular weight is 361 g/mol. The van der Waals surface area contributed by atoms with Gasteiger partial charge in [0.05, 0.1) is 0 Å². The van der Waals surface area contributed by atoms with E-state index in [1.54, 1.807) is 0 Å². The lowest BCUT2D eigenvalue weighted by Crippen LogP contribution is -2.46. The van der Waals surface area contributed by atoms with E-state index in [2.05, 4.69) is 76.6 Å². The minimum absolute atomic E-state index is 0.0788. The van der Waals surface area contributed by atoms with Gasteiger partial charge < -0.3 is 10.2 Å². The molecule has 1 amide bonds. The SMILES string of the molecule is Cc1ccc(N2CCN(Cc3ccccc3)CC2)c(C=C2CCNC2=O)c1. The predicted octanol–water partition coefficient (Wildman–Crippen LogP) is 3.22. The Bertz CT molecular complexity index is 836. The van der Waals surface area contributed by atoms with E-state index in [1.165, 1.54) is 22.4 Å². The van der Waals surface area contributed by atoms with Crippen molar-refractivity contribution in [2.45, 2.75) is 19.9 Å². The van der Waals surface area contributed by atoms with E-state index in [1.807, 2.05) is 0 Å². The van der Waals surface area contributed by atoms with Gasteiger partial charge >= 0.3 is 0 Å². The monoisotopic (exact) mass is 361 g/mol. The van der Waals surface area contributed by atoms with E-state index in [0.717, 1.165) is 51.3 Å². The van der Waals surface area contributed by atoms with Crippen LogP contribution in [0, 0.1) is 6.92 Å². The first-order valence-corrected chi connectivity index (χ1v) is 9.80. The van der Waals surface area contributed by atoms with Crippen molar-refractivity contribution in [3.8, 4) is 0 Å². The van der Waals surface area contributed by atoms with Crippen LogP contribution in [0.15, 0.2) is 54.1 Å². The highest BCUT2D eigenvalue weighted by molar-refractivity contribution is 6.00. The summed E-state index contributed by atoms with van der Waals surface area (Å²) in [5.41, 5.74) is 5.90. The molecular weight excluding hydrogens is 334 g/mol. The van der Waals surface area contributed by atoms with Crippen LogP contribution in [0.1, 0.15) is 23.1 Å². The first-order chi connectivity index (χ1) is 13.2. The molecule has 2 aromatic rings. The molecule has 140 valence electrons. The van der Waals surface area contributed by atoms with Crippen LogP contribution in [0.2, 0.25) is 0 Å². The Morgan fingerprint density at radius 3 is 2.52 bits per heavy atom. The van der Waals surface area contributed by atoms with Crippen LogP contribution in [-0.2, 0) is 11.3 Å². The van der Waals surface area contributed by atoms with Gasteiger partial charge in [0.1, 0.15) is 0 Å². The maximum atomic E-state index is 12.0. The average Bonchev–Trinajstić information content (AvgIpc) is 3.08. The topological polar surface area (TPSA) is 35.6 Å². The molecule has 0 bridgehead atoms. The van der Waals surface area contributed by atoms with Crippen molar-refractivity contribution < 1.29 is 4.79 Å². The summed E-state index contributed by atoms with van der Waals surface area (Å²) < 4.78 is 0. The second-order valence-corrected chi connectivity index (χ2v) is 7.49. The summed E-state index contributed by atoms with van der Waals surface area (Å²) in [7, 11) is 0. The Hall–Kier alpha value is -2.59. The molecule has 4 rings (SSSR count). The van der Waals surface area contributed by atoms with Gasteiger partial charge in [0.15, 0.2) is 0 Å². The number of anilines is 1. The normalized spacial score (nSPS) is 19.5. The number of benzene rings is 2. The molecule has 0 radical (unpaired) electrons. The zero-order chi connectivity index (χ0) is 18.6. The molecule has 0 atom stereocenters. The van der Waals surface area contributed by atoms with Crippen molar-refractivity contribution in [2.75, 3.05) is 37.6 Å². The summed E-state index contributed by atoms with van der Waals surface area (Å²) in [5.74, 6) is 0.0788. The van der Waals surface area contributed by atoms with Crippen LogP contribution in [0.3, 0.4) is 0 Å². The van der Waals surface area contributed by atoms with Crippen molar-refractivity contribution in [2.24, 2.45) is 0 Å². The summed E-state index contributed by atoms with van der Waals surface area (Å²) in [6.45, 7) is 8.01. The van der Waals surface area contributed by atoms with E-state index in [4.69, 9.17) is 0 Å². The number of carbonyl (C=O) groups is 1. The quantitative estimate of drug-likeness (QED) is 0.850. The largest absolute Gasteiger partial charge is 0.368 e. The van der Waals surface area contributed by atoms with Gasteiger partial charge in [0, 0.05) is 50.5 Å². The zero-order valence-corrected chi connectivity index (χ0v) is 15.9. The Labute approximate surface area is 161 Å². The first kappa shape index (κ1) is 17.8. The van der Waals surface area contributed by atoms with E-state index in [-0.39, 0.29) is 5.91 Å². The van der Waals surface area contributed by atoms with Gasteiger partial charge in [0.2, 0.25) is 5.91 Å². The molecule has 2 aliphatic rings. The second kappa shape index (κ2) is 7.97. The van der Waals surface area contributed by atoms with Crippen LogP contribution in [0.25, 0.3) is 6.08 Å². The maximum absolute atomic E-state index is 12.0. The molecule has 4 nitrogen and oxygen atoms in total. The van der Waals surface area contributed by atoms with Crippen LogP contribution < -0.4 is 10.2 Å². The molecule has 2 aromatic carbocycles. The number of aryl methyl sites for hydroxylation is 1. The summed E-state index contributed by atoms with van der Waals surface area (Å²) in [6.07, 6.45) is 2.90. The molecule has 0 unspecified atom stereocenters. The molecule has 0 aromatic heterocycles. The fraction of sp³-hybridized carbons (Fsp3) is 0.348. The third kappa shape index (κ3) is 4.22. The molecule has 2 aliphatic heterocycles. The Balaban J connectivity index is 1.47. The van der Waals surface area contributed by atoms with Gasteiger partial charge in [-0.15, -0.1) is 0 Å². The Morgan fingerprint density at radius 1 is 1.04 bits per heavy atom. The molecule has 1 N–H and O–H groups in total. The minimum Gasteiger partial charge on any atom is -0.368 e. The number of amides is 1. The molecule has 27 heavy (non-hydrogen) atoms. The highest BCUT2D eigenvalue weighted by Crippen LogP contribution is 2.27. The predicted molar refractivity (Wildman–Crippen MR) is 111 cm³/mol. The number of hydrogen-bond acceptors (Lipinski definition) is 3. The zero-order valence-electron chi connectivity index (χ0n) is 15.9. The first-order valence-electron chi connectivity index (χ1n) is 9.80. The molecule has 2 heterocycles. The van der Waals surface area contributed by atoms with Gasteiger partial charge in [-0.2, -0.15) is 0 Å². The molecule has 4 heteroatoms. The summed E-state index contributed by atoms with van der Waals surface area (Å²) >= 11 is 0. The fourth-order valence-corrected chi connectivity index (χ4v) is 3.93. The standard InChI is InChI=1S/C23H27N3O/c1-18-7-8-22(21(15-18)16-20-9-10-24-23(20)27)26-13-11-25(12-14-26)17-19-5-3-2-4-6-19/h2-8,15-16H,9-14,17H2,1H3,(H,24,27). The van der Waals surface area contributed by atoms with Crippen molar-refractivity contribution in [1.82, 2.24) is 10.2 Å².